The molecule has 0 amide bonds. The van der Waals surface area contributed by atoms with Crippen molar-refractivity contribution in [2.45, 2.75) is 39.2 Å². The Morgan fingerprint density at radius 1 is 1.58 bits per heavy atom. The van der Waals surface area contributed by atoms with Crippen LogP contribution in [-0.4, -0.2) is 35.7 Å². The fourth-order valence-electron chi connectivity index (χ4n) is 1.87. The molecule has 2 heteroatoms. The van der Waals surface area contributed by atoms with Crippen LogP contribution in [0.4, 0.5) is 0 Å². The Morgan fingerprint density at radius 2 is 2.33 bits per heavy atom. The average molecular weight is 171 g/mol. The van der Waals surface area contributed by atoms with Crippen LogP contribution in [0.5, 0.6) is 0 Å². The standard InChI is InChI=1S/C10H21NO/c1-3-9(2)7-11-6-4-5-10(11)8-12/h9-10,12H,3-8H2,1-2H3/t9?,10-/m1/s1. The third kappa shape index (κ3) is 2.46. The molecule has 0 aromatic rings. The van der Waals surface area contributed by atoms with E-state index >= 15 is 0 Å². The SMILES string of the molecule is CCC(C)CN1CCC[C@@H]1CO. The molecular formula is C10H21NO. The van der Waals surface area contributed by atoms with Crippen molar-refractivity contribution < 1.29 is 5.11 Å². The molecule has 2 atom stereocenters. The second kappa shape index (κ2) is 4.83. The lowest BCUT2D eigenvalue weighted by Crippen LogP contribution is -2.35. The normalized spacial score (nSPS) is 27.8. The van der Waals surface area contributed by atoms with Crippen molar-refractivity contribution in [2.24, 2.45) is 5.92 Å². The molecule has 1 heterocycles. The smallest absolute Gasteiger partial charge is 0.0586 e. The number of hydrogen-bond donors (Lipinski definition) is 1. The van der Waals surface area contributed by atoms with Crippen LogP contribution in [0.15, 0.2) is 0 Å². The molecule has 2 nitrogen and oxygen atoms in total. The first kappa shape index (κ1) is 10.0. The lowest BCUT2D eigenvalue weighted by atomic mass is 10.1. The largest absolute Gasteiger partial charge is 0.395 e. The van der Waals surface area contributed by atoms with Gasteiger partial charge in [-0.2, -0.15) is 0 Å². The average Bonchev–Trinajstić information content (AvgIpc) is 2.51. The molecule has 0 spiro atoms. The summed E-state index contributed by atoms with van der Waals surface area (Å²) in [6.07, 6.45) is 3.70. The summed E-state index contributed by atoms with van der Waals surface area (Å²) in [5.41, 5.74) is 0. The predicted molar refractivity (Wildman–Crippen MR) is 51.1 cm³/mol. The van der Waals surface area contributed by atoms with Gasteiger partial charge < -0.3 is 5.11 Å². The number of nitrogens with zero attached hydrogens (tertiary/aromatic N) is 1. The lowest BCUT2D eigenvalue weighted by molar-refractivity contribution is 0.144. The first-order chi connectivity index (χ1) is 5.77. The third-order valence-electron chi connectivity index (χ3n) is 2.95. The molecule has 0 bridgehead atoms. The summed E-state index contributed by atoms with van der Waals surface area (Å²) < 4.78 is 0. The van der Waals surface area contributed by atoms with Crippen LogP contribution < -0.4 is 0 Å². The van der Waals surface area contributed by atoms with Crippen LogP contribution in [0.2, 0.25) is 0 Å². The van der Waals surface area contributed by atoms with E-state index in [9.17, 15) is 0 Å². The Morgan fingerprint density at radius 3 is 2.92 bits per heavy atom. The van der Waals surface area contributed by atoms with E-state index in [0.29, 0.717) is 12.6 Å². The van der Waals surface area contributed by atoms with Gasteiger partial charge in [0.2, 0.25) is 0 Å². The molecule has 1 fully saturated rings. The summed E-state index contributed by atoms with van der Waals surface area (Å²) in [5, 5.41) is 9.08. The first-order valence-corrected chi connectivity index (χ1v) is 5.12. The maximum atomic E-state index is 9.08. The number of likely N-dealkylation sites (tertiary alicyclic amines) is 1. The molecule has 0 aromatic carbocycles. The molecule has 1 aliphatic heterocycles. The molecule has 1 rings (SSSR count). The number of aliphatic hydroxyl groups is 1. The first-order valence-electron chi connectivity index (χ1n) is 5.12. The van der Waals surface area contributed by atoms with Crippen LogP contribution >= 0.6 is 0 Å². The van der Waals surface area contributed by atoms with Gasteiger partial charge in [-0.25, -0.2) is 0 Å². The van der Waals surface area contributed by atoms with E-state index in [2.05, 4.69) is 18.7 Å². The van der Waals surface area contributed by atoms with Gasteiger partial charge in [-0.1, -0.05) is 20.3 Å². The van der Waals surface area contributed by atoms with Gasteiger partial charge >= 0.3 is 0 Å². The highest BCUT2D eigenvalue weighted by atomic mass is 16.3. The van der Waals surface area contributed by atoms with Gasteiger partial charge in [0, 0.05) is 12.6 Å². The van der Waals surface area contributed by atoms with Gasteiger partial charge in [-0.05, 0) is 25.3 Å². The zero-order chi connectivity index (χ0) is 8.97. The molecule has 1 aliphatic rings. The topological polar surface area (TPSA) is 23.5 Å². The summed E-state index contributed by atoms with van der Waals surface area (Å²) in [6, 6.07) is 0.457. The van der Waals surface area contributed by atoms with E-state index in [1.807, 2.05) is 0 Å². The molecule has 0 radical (unpaired) electrons. The van der Waals surface area contributed by atoms with Crippen molar-refractivity contribution >= 4 is 0 Å². The molecule has 0 saturated carbocycles. The Kier molecular flexibility index (Phi) is 4.02. The van der Waals surface area contributed by atoms with E-state index in [1.54, 1.807) is 0 Å². The Hall–Kier alpha value is -0.0800. The van der Waals surface area contributed by atoms with Crippen LogP contribution in [0.3, 0.4) is 0 Å². The van der Waals surface area contributed by atoms with Gasteiger partial charge in [0.05, 0.1) is 6.61 Å². The second-order valence-electron chi connectivity index (χ2n) is 3.99. The molecule has 0 aliphatic carbocycles. The molecule has 1 unspecified atom stereocenters. The molecule has 0 aromatic heterocycles. The van der Waals surface area contributed by atoms with E-state index in [-0.39, 0.29) is 0 Å². The Labute approximate surface area is 75.6 Å². The fraction of sp³-hybridized carbons (Fsp3) is 1.00. The maximum Gasteiger partial charge on any atom is 0.0586 e. The van der Waals surface area contributed by atoms with Crippen molar-refractivity contribution in [2.75, 3.05) is 19.7 Å². The molecule has 1 saturated heterocycles. The highest BCUT2D eigenvalue weighted by molar-refractivity contribution is 4.79. The maximum absolute atomic E-state index is 9.08. The van der Waals surface area contributed by atoms with Gasteiger partial charge in [0.25, 0.3) is 0 Å². The van der Waals surface area contributed by atoms with Crippen molar-refractivity contribution in [3.05, 3.63) is 0 Å². The lowest BCUT2D eigenvalue weighted by Gasteiger charge is -2.25. The molecule has 72 valence electrons. The summed E-state index contributed by atoms with van der Waals surface area (Å²) >= 11 is 0. The van der Waals surface area contributed by atoms with Gasteiger partial charge in [0.1, 0.15) is 0 Å². The third-order valence-corrected chi connectivity index (χ3v) is 2.95. The Bertz CT molecular complexity index is 127. The van der Waals surface area contributed by atoms with E-state index in [1.165, 1.54) is 32.4 Å². The second-order valence-corrected chi connectivity index (χ2v) is 3.99. The number of hydrogen-bond acceptors (Lipinski definition) is 2. The van der Waals surface area contributed by atoms with Gasteiger partial charge in [0.15, 0.2) is 0 Å². The predicted octanol–water partition coefficient (Wildman–Crippen LogP) is 1.49. The zero-order valence-corrected chi connectivity index (χ0v) is 8.29. The number of aliphatic hydroxyl groups excluding tert-OH is 1. The highest BCUT2D eigenvalue weighted by Crippen LogP contribution is 2.18. The quantitative estimate of drug-likeness (QED) is 0.692. The van der Waals surface area contributed by atoms with Crippen LogP contribution in [0, 0.1) is 5.92 Å². The van der Waals surface area contributed by atoms with Crippen LogP contribution in [-0.2, 0) is 0 Å². The molecule has 12 heavy (non-hydrogen) atoms. The summed E-state index contributed by atoms with van der Waals surface area (Å²) in [7, 11) is 0. The summed E-state index contributed by atoms with van der Waals surface area (Å²) in [5.74, 6) is 0.775. The van der Waals surface area contributed by atoms with Crippen LogP contribution in [0.1, 0.15) is 33.1 Å². The van der Waals surface area contributed by atoms with E-state index in [4.69, 9.17) is 5.11 Å². The monoisotopic (exact) mass is 171 g/mol. The fourth-order valence-corrected chi connectivity index (χ4v) is 1.87. The minimum Gasteiger partial charge on any atom is -0.395 e. The molecule has 1 N–H and O–H groups in total. The summed E-state index contributed by atoms with van der Waals surface area (Å²) in [6.45, 7) is 7.22. The van der Waals surface area contributed by atoms with Crippen molar-refractivity contribution in [1.82, 2.24) is 4.90 Å². The zero-order valence-electron chi connectivity index (χ0n) is 8.29. The van der Waals surface area contributed by atoms with E-state index < -0.39 is 0 Å². The summed E-state index contributed by atoms with van der Waals surface area (Å²) in [4.78, 5) is 2.44. The molecular weight excluding hydrogens is 150 g/mol. The highest BCUT2D eigenvalue weighted by Gasteiger charge is 2.24. The van der Waals surface area contributed by atoms with Crippen molar-refractivity contribution in [1.29, 1.82) is 0 Å². The van der Waals surface area contributed by atoms with Gasteiger partial charge in [-0.15, -0.1) is 0 Å². The van der Waals surface area contributed by atoms with Crippen molar-refractivity contribution in [3.8, 4) is 0 Å². The van der Waals surface area contributed by atoms with Gasteiger partial charge in [-0.3, -0.25) is 4.90 Å². The number of rotatable bonds is 4. The Balaban J connectivity index is 2.30. The van der Waals surface area contributed by atoms with Crippen molar-refractivity contribution in [3.63, 3.8) is 0 Å². The van der Waals surface area contributed by atoms with Crippen LogP contribution in [0.25, 0.3) is 0 Å². The van der Waals surface area contributed by atoms with E-state index in [0.717, 1.165) is 5.92 Å². The minimum atomic E-state index is 0.344. The minimum absolute atomic E-state index is 0.344.